The predicted molar refractivity (Wildman–Crippen MR) is 222 cm³/mol. The Hall–Kier alpha value is -6.42. The molecule has 0 saturated carbocycles. The molecule has 0 aliphatic heterocycles. The SMILES string of the molecule is Cc1c(-c2ccccc2)nc(-c2ccccc2)nc1-c1cc2ccccc2c2c1sc1c(-c3ccc(-c4ccccc4)c4ccccc34)cccc12. The first-order chi connectivity index (χ1) is 25.7. The highest BCUT2D eigenvalue weighted by molar-refractivity contribution is 7.27. The molecule has 244 valence electrons. The Morgan fingerprint density at radius 1 is 0.385 bits per heavy atom. The van der Waals surface area contributed by atoms with Gasteiger partial charge in [0.05, 0.1) is 11.4 Å². The van der Waals surface area contributed by atoms with E-state index >= 15 is 0 Å². The van der Waals surface area contributed by atoms with Gasteiger partial charge in [-0.1, -0.05) is 170 Å². The third-order valence-corrected chi connectivity index (χ3v) is 11.5. The van der Waals surface area contributed by atoms with Gasteiger partial charge in [-0.15, -0.1) is 11.3 Å². The average molecular weight is 681 g/mol. The molecule has 2 aromatic heterocycles. The molecule has 0 aliphatic rings. The zero-order valence-corrected chi connectivity index (χ0v) is 29.4. The van der Waals surface area contributed by atoms with Gasteiger partial charge in [0.15, 0.2) is 5.82 Å². The zero-order valence-electron chi connectivity index (χ0n) is 28.5. The molecular formula is C49H32N2S. The van der Waals surface area contributed by atoms with Gasteiger partial charge < -0.3 is 0 Å². The van der Waals surface area contributed by atoms with Gasteiger partial charge in [0.25, 0.3) is 0 Å². The normalized spacial score (nSPS) is 11.6. The summed E-state index contributed by atoms with van der Waals surface area (Å²) in [4.78, 5) is 10.6. The summed E-state index contributed by atoms with van der Waals surface area (Å²) in [6.07, 6.45) is 0. The van der Waals surface area contributed by atoms with Crippen LogP contribution in [0.5, 0.6) is 0 Å². The highest BCUT2D eigenvalue weighted by atomic mass is 32.1. The molecule has 2 nitrogen and oxygen atoms in total. The van der Waals surface area contributed by atoms with Crippen molar-refractivity contribution in [3.63, 3.8) is 0 Å². The lowest BCUT2D eigenvalue weighted by Crippen LogP contribution is -2.00. The van der Waals surface area contributed by atoms with E-state index in [0.717, 1.165) is 39.5 Å². The molecule has 0 N–H and O–H groups in total. The highest BCUT2D eigenvalue weighted by Gasteiger charge is 2.22. The molecule has 3 heteroatoms. The van der Waals surface area contributed by atoms with Crippen LogP contribution in [0.2, 0.25) is 0 Å². The Bertz CT molecular complexity index is 2950. The van der Waals surface area contributed by atoms with Crippen LogP contribution >= 0.6 is 11.3 Å². The molecule has 52 heavy (non-hydrogen) atoms. The number of rotatable bonds is 5. The van der Waals surface area contributed by atoms with Crippen molar-refractivity contribution in [1.82, 2.24) is 9.97 Å². The lowest BCUT2D eigenvalue weighted by molar-refractivity contribution is 1.15. The monoisotopic (exact) mass is 680 g/mol. The van der Waals surface area contributed by atoms with Crippen molar-refractivity contribution in [2.45, 2.75) is 6.92 Å². The molecule has 10 rings (SSSR count). The molecule has 0 saturated heterocycles. The number of benzene rings is 8. The molecule has 0 radical (unpaired) electrons. The van der Waals surface area contributed by atoms with Crippen LogP contribution in [-0.4, -0.2) is 9.97 Å². The molecule has 0 bridgehead atoms. The van der Waals surface area contributed by atoms with Gasteiger partial charge in [-0.3, -0.25) is 0 Å². The molecule has 0 spiro atoms. The van der Waals surface area contributed by atoms with E-state index in [-0.39, 0.29) is 0 Å². The number of hydrogen-bond acceptors (Lipinski definition) is 3. The molecule has 0 amide bonds. The minimum Gasteiger partial charge on any atom is -0.228 e. The summed E-state index contributed by atoms with van der Waals surface area (Å²) in [5, 5.41) is 7.52. The van der Waals surface area contributed by atoms with Crippen molar-refractivity contribution in [2.75, 3.05) is 0 Å². The fourth-order valence-electron chi connectivity index (χ4n) is 7.81. The van der Waals surface area contributed by atoms with Crippen molar-refractivity contribution in [2.24, 2.45) is 0 Å². The standard InChI is InChI=1S/C49H32N2S/c1-31-45(33-18-7-3-8-19-33)50-49(34-20-9-4-10-21-34)51-46(31)43-30-35-22-11-12-23-37(35)44-42-27-15-26-41(47(42)52-48(43)44)40-29-28-36(32-16-5-2-6-17-32)38-24-13-14-25-39(38)40/h2-30H,1H3. The smallest absolute Gasteiger partial charge is 0.160 e. The van der Waals surface area contributed by atoms with Crippen molar-refractivity contribution in [3.05, 3.63) is 181 Å². The quantitative estimate of drug-likeness (QED) is 0.181. The lowest BCUT2D eigenvalue weighted by Gasteiger charge is -2.15. The van der Waals surface area contributed by atoms with Gasteiger partial charge in [-0.25, -0.2) is 9.97 Å². The van der Waals surface area contributed by atoms with Crippen LogP contribution < -0.4 is 0 Å². The molecule has 0 aliphatic carbocycles. The fourth-order valence-corrected chi connectivity index (χ4v) is 9.17. The summed E-state index contributed by atoms with van der Waals surface area (Å²) in [6.45, 7) is 2.17. The first kappa shape index (κ1) is 30.4. The lowest BCUT2D eigenvalue weighted by atomic mass is 9.91. The number of hydrogen-bond donors (Lipinski definition) is 0. The number of thiophene rings is 1. The largest absolute Gasteiger partial charge is 0.228 e. The van der Waals surface area contributed by atoms with Crippen LogP contribution in [0.4, 0.5) is 0 Å². The summed E-state index contributed by atoms with van der Waals surface area (Å²) in [5.41, 5.74) is 11.2. The molecule has 8 aromatic carbocycles. The summed E-state index contributed by atoms with van der Waals surface area (Å²) in [6, 6.07) is 62.9. The van der Waals surface area contributed by atoms with Crippen LogP contribution in [0.25, 0.3) is 97.9 Å². The number of fused-ring (bicyclic) bond motifs is 6. The van der Waals surface area contributed by atoms with E-state index in [1.807, 2.05) is 17.4 Å². The van der Waals surface area contributed by atoms with Crippen LogP contribution in [0, 0.1) is 6.92 Å². The second-order valence-electron chi connectivity index (χ2n) is 13.3. The first-order valence-corrected chi connectivity index (χ1v) is 18.5. The summed E-state index contributed by atoms with van der Waals surface area (Å²) >= 11 is 1.88. The molecular weight excluding hydrogens is 649 g/mol. The minimum absolute atomic E-state index is 0.730. The van der Waals surface area contributed by atoms with Gasteiger partial charge in [0.1, 0.15) is 0 Å². The van der Waals surface area contributed by atoms with E-state index in [0.29, 0.717) is 0 Å². The van der Waals surface area contributed by atoms with E-state index in [2.05, 4.69) is 177 Å². The highest BCUT2D eigenvalue weighted by Crippen LogP contribution is 2.49. The number of nitrogens with zero attached hydrogens (tertiary/aromatic N) is 2. The van der Waals surface area contributed by atoms with Crippen LogP contribution in [0.3, 0.4) is 0 Å². The zero-order chi connectivity index (χ0) is 34.6. The Balaban J connectivity index is 1.28. The van der Waals surface area contributed by atoms with Crippen LogP contribution in [-0.2, 0) is 0 Å². The maximum atomic E-state index is 5.38. The van der Waals surface area contributed by atoms with Gasteiger partial charge in [-0.05, 0) is 51.2 Å². The van der Waals surface area contributed by atoms with Crippen molar-refractivity contribution >= 4 is 53.1 Å². The van der Waals surface area contributed by atoms with Gasteiger partial charge >= 0.3 is 0 Å². The second-order valence-corrected chi connectivity index (χ2v) is 14.3. The van der Waals surface area contributed by atoms with E-state index in [4.69, 9.17) is 9.97 Å². The molecule has 0 atom stereocenters. The van der Waals surface area contributed by atoms with Gasteiger partial charge in [0.2, 0.25) is 0 Å². The van der Waals surface area contributed by atoms with E-state index in [1.54, 1.807) is 0 Å². The van der Waals surface area contributed by atoms with Crippen molar-refractivity contribution in [3.8, 4) is 56.2 Å². The third kappa shape index (κ3) is 4.93. The topological polar surface area (TPSA) is 25.8 Å². The Labute approximate surface area is 306 Å². The van der Waals surface area contributed by atoms with E-state index in [1.165, 1.54) is 64.0 Å². The molecule has 2 heterocycles. The van der Waals surface area contributed by atoms with Crippen molar-refractivity contribution < 1.29 is 0 Å². The Morgan fingerprint density at radius 3 is 1.67 bits per heavy atom. The minimum atomic E-state index is 0.730. The van der Waals surface area contributed by atoms with Gasteiger partial charge in [-0.2, -0.15) is 0 Å². The van der Waals surface area contributed by atoms with E-state index in [9.17, 15) is 0 Å². The molecule has 0 fully saturated rings. The fraction of sp³-hybridized carbons (Fsp3) is 0.0204. The van der Waals surface area contributed by atoms with Crippen LogP contribution in [0.15, 0.2) is 176 Å². The number of aromatic nitrogens is 2. The summed E-state index contributed by atoms with van der Waals surface area (Å²) < 4.78 is 2.53. The maximum Gasteiger partial charge on any atom is 0.160 e. The first-order valence-electron chi connectivity index (χ1n) is 17.7. The molecule has 10 aromatic rings. The predicted octanol–water partition coefficient (Wildman–Crippen LogP) is 13.8. The second kappa shape index (κ2) is 12.4. The summed E-state index contributed by atoms with van der Waals surface area (Å²) in [5.74, 6) is 0.730. The van der Waals surface area contributed by atoms with Crippen molar-refractivity contribution in [1.29, 1.82) is 0 Å². The average Bonchev–Trinajstić information content (AvgIpc) is 3.62. The Kier molecular flexibility index (Phi) is 7.26. The van der Waals surface area contributed by atoms with E-state index < -0.39 is 0 Å². The maximum absolute atomic E-state index is 5.38. The third-order valence-electron chi connectivity index (χ3n) is 10.3. The van der Waals surface area contributed by atoms with Crippen LogP contribution in [0.1, 0.15) is 5.56 Å². The van der Waals surface area contributed by atoms with Gasteiger partial charge in [0, 0.05) is 48.0 Å². The summed E-state index contributed by atoms with van der Waals surface area (Å²) in [7, 11) is 0. The Morgan fingerprint density at radius 2 is 0.942 bits per heavy atom. The molecule has 0 unspecified atom stereocenters.